The first-order valence-electron chi connectivity index (χ1n) is 13.8. The van der Waals surface area contributed by atoms with E-state index in [4.69, 9.17) is 14.1 Å². The van der Waals surface area contributed by atoms with Crippen LogP contribution in [0, 0.1) is 0 Å². The molecule has 2 amide bonds. The maximum absolute atomic E-state index is 13.6. The Kier molecular flexibility index (Phi) is 8.34. The number of amides is 2. The van der Waals surface area contributed by atoms with E-state index in [0.29, 0.717) is 63.0 Å². The topological polar surface area (TPSA) is 114 Å². The number of hydrogen-bond acceptors (Lipinski definition) is 9. The molecule has 3 heterocycles. The van der Waals surface area contributed by atoms with E-state index in [1.54, 1.807) is 9.80 Å². The third-order valence-corrected chi connectivity index (χ3v) is 7.04. The van der Waals surface area contributed by atoms with E-state index in [9.17, 15) is 9.59 Å². The summed E-state index contributed by atoms with van der Waals surface area (Å²) in [7, 11) is 1.49. The number of carbonyl (C=O) groups is 2. The van der Waals surface area contributed by atoms with Gasteiger partial charge in [0.05, 0.1) is 18.8 Å². The van der Waals surface area contributed by atoms with Crippen LogP contribution >= 0.6 is 0 Å². The molecule has 1 aromatic heterocycles. The van der Waals surface area contributed by atoms with Gasteiger partial charge in [0.15, 0.2) is 5.82 Å². The summed E-state index contributed by atoms with van der Waals surface area (Å²) in [6.07, 6.45) is 0.154. The predicted molar refractivity (Wildman–Crippen MR) is 152 cm³/mol. The standard InChI is InChI=1S/C30H36N6O5/c1-30(2,3)40-29(38)35-16-14-34(15-17-35)20-26-31-27(33-41-26)25-18-24(32-39-4)19-36(25)28(37)23-12-10-22(11-13-23)21-8-6-5-7-9-21/h5-13,25H,14-20H2,1-4H3/b32-24-/t25-/m0/s1. The molecule has 0 N–H and O–H groups in total. The molecule has 0 radical (unpaired) electrons. The molecule has 3 aromatic rings. The number of piperazine rings is 1. The summed E-state index contributed by atoms with van der Waals surface area (Å²) >= 11 is 0. The minimum absolute atomic E-state index is 0.138. The lowest BCUT2D eigenvalue weighted by Crippen LogP contribution is -2.49. The van der Waals surface area contributed by atoms with Crippen molar-refractivity contribution in [2.75, 3.05) is 39.8 Å². The van der Waals surface area contributed by atoms with Crippen molar-refractivity contribution in [2.24, 2.45) is 5.16 Å². The van der Waals surface area contributed by atoms with Gasteiger partial charge in [-0.05, 0) is 44.0 Å². The molecular weight excluding hydrogens is 524 g/mol. The van der Waals surface area contributed by atoms with Gasteiger partial charge in [-0.3, -0.25) is 9.69 Å². The molecule has 2 aromatic carbocycles. The van der Waals surface area contributed by atoms with Gasteiger partial charge in [0, 0.05) is 38.2 Å². The van der Waals surface area contributed by atoms with Crippen molar-refractivity contribution < 1.29 is 23.7 Å². The zero-order valence-corrected chi connectivity index (χ0v) is 23.9. The van der Waals surface area contributed by atoms with Crippen molar-refractivity contribution in [3.63, 3.8) is 0 Å². The first-order chi connectivity index (χ1) is 19.7. The van der Waals surface area contributed by atoms with Crippen molar-refractivity contribution in [2.45, 2.75) is 45.4 Å². The molecular formula is C30H36N6O5. The van der Waals surface area contributed by atoms with Gasteiger partial charge in [0.1, 0.15) is 18.8 Å². The zero-order chi connectivity index (χ0) is 29.0. The molecule has 0 aliphatic carbocycles. The van der Waals surface area contributed by atoms with Crippen LogP contribution in [0.3, 0.4) is 0 Å². The van der Waals surface area contributed by atoms with Crippen molar-refractivity contribution in [3.05, 3.63) is 71.9 Å². The maximum Gasteiger partial charge on any atom is 0.410 e. The number of likely N-dealkylation sites (tertiary alicyclic amines) is 1. The fraction of sp³-hybridized carbons (Fsp3) is 0.433. The Morgan fingerprint density at radius 3 is 2.34 bits per heavy atom. The van der Waals surface area contributed by atoms with Crippen LogP contribution in [-0.4, -0.2) is 88.0 Å². The Bertz CT molecular complexity index is 1370. The van der Waals surface area contributed by atoms with Gasteiger partial charge in [-0.15, -0.1) is 0 Å². The number of benzene rings is 2. The third-order valence-electron chi connectivity index (χ3n) is 7.04. The summed E-state index contributed by atoms with van der Waals surface area (Å²) in [6, 6.07) is 17.2. The first-order valence-corrected chi connectivity index (χ1v) is 13.8. The van der Waals surface area contributed by atoms with Crippen LogP contribution in [0.4, 0.5) is 4.79 Å². The van der Waals surface area contributed by atoms with E-state index < -0.39 is 11.6 Å². The number of nitrogens with zero attached hydrogens (tertiary/aromatic N) is 6. The van der Waals surface area contributed by atoms with Crippen molar-refractivity contribution >= 4 is 17.7 Å². The monoisotopic (exact) mass is 560 g/mol. The number of hydrogen-bond donors (Lipinski definition) is 0. The Morgan fingerprint density at radius 1 is 1.00 bits per heavy atom. The molecule has 0 unspecified atom stereocenters. The lowest BCUT2D eigenvalue weighted by Gasteiger charge is -2.34. The Balaban J connectivity index is 1.24. The second-order valence-electron chi connectivity index (χ2n) is 11.2. The number of ether oxygens (including phenoxy) is 1. The van der Waals surface area contributed by atoms with Gasteiger partial charge in [0.2, 0.25) is 5.89 Å². The van der Waals surface area contributed by atoms with E-state index in [0.717, 1.165) is 16.8 Å². The summed E-state index contributed by atoms with van der Waals surface area (Å²) in [5.74, 6) is 0.756. The number of rotatable bonds is 6. The van der Waals surface area contributed by atoms with Crippen LogP contribution in [0.15, 0.2) is 64.3 Å². The highest BCUT2D eigenvalue weighted by Gasteiger charge is 2.38. The van der Waals surface area contributed by atoms with Gasteiger partial charge in [-0.2, -0.15) is 4.98 Å². The summed E-state index contributed by atoms with van der Waals surface area (Å²) in [5.41, 5.74) is 2.90. The van der Waals surface area contributed by atoms with Crippen LogP contribution < -0.4 is 0 Å². The second kappa shape index (κ2) is 12.1. The summed E-state index contributed by atoms with van der Waals surface area (Å²) in [4.78, 5) is 41.2. The highest BCUT2D eigenvalue weighted by molar-refractivity contribution is 6.00. The lowest BCUT2D eigenvalue weighted by atomic mass is 10.0. The smallest absolute Gasteiger partial charge is 0.410 e. The first kappa shape index (κ1) is 28.3. The van der Waals surface area contributed by atoms with Crippen LogP contribution in [0.2, 0.25) is 0 Å². The minimum atomic E-state index is -0.524. The fourth-order valence-corrected chi connectivity index (χ4v) is 5.02. The van der Waals surface area contributed by atoms with Crippen molar-refractivity contribution in [1.82, 2.24) is 24.8 Å². The summed E-state index contributed by atoms with van der Waals surface area (Å²) in [5, 5.41) is 8.34. The lowest BCUT2D eigenvalue weighted by molar-refractivity contribution is 0.0131. The quantitative estimate of drug-likeness (QED) is 0.408. The Morgan fingerprint density at radius 2 is 1.68 bits per heavy atom. The van der Waals surface area contributed by atoms with Crippen molar-refractivity contribution in [3.8, 4) is 11.1 Å². The van der Waals surface area contributed by atoms with Crippen molar-refractivity contribution in [1.29, 1.82) is 0 Å². The Labute approximate surface area is 239 Å². The zero-order valence-electron chi connectivity index (χ0n) is 23.9. The molecule has 2 aliphatic rings. The molecule has 2 saturated heterocycles. The average molecular weight is 561 g/mol. The van der Waals surface area contributed by atoms with Gasteiger partial charge in [-0.25, -0.2) is 4.79 Å². The molecule has 2 fully saturated rings. The van der Waals surface area contributed by atoms with E-state index >= 15 is 0 Å². The largest absolute Gasteiger partial charge is 0.444 e. The molecule has 41 heavy (non-hydrogen) atoms. The molecule has 0 saturated carbocycles. The van der Waals surface area contributed by atoms with Gasteiger partial charge in [-0.1, -0.05) is 52.8 Å². The van der Waals surface area contributed by atoms with E-state index in [-0.39, 0.29) is 12.0 Å². The summed E-state index contributed by atoms with van der Waals surface area (Å²) in [6.45, 7) is 8.78. The minimum Gasteiger partial charge on any atom is -0.444 e. The molecule has 0 bridgehead atoms. The highest BCUT2D eigenvalue weighted by atomic mass is 16.6. The van der Waals surface area contributed by atoms with Crippen LogP contribution in [0.25, 0.3) is 11.1 Å². The SMILES string of the molecule is CO/N=C1/C[C@@H](c2noc(CN3CCN(C(=O)OC(C)(C)C)CC3)n2)N(C(=O)c2ccc(-c3ccccc3)cc2)C1. The second-order valence-corrected chi connectivity index (χ2v) is 11.2. The number of oxime groups is 1. The molecule has 11 heteroatoms. The van der Waals surface area contributed by atoms with E-state index in [1.165, 1.54) is 7.11 Å². The normalized spacial score (nSPS) is 19.0. The molecule has 216 valence electrons. The molecule has 0 spiro atoms. The third kappa shape index (κ3) is 6.91. The highest BCUT2D eigenvalue weighted by Crippen LogP contribution is 2.31. The Hall–Kier alpha value is -4.25. The van der Waals surface area contributed by atoms with Gasteiger partial charge >= 0.3 is 6.09 Å². The number of aromatic nitrogens is 2. The summed E-state index contributed by atoms with van der Waals surface area (Å²) < 4.78 is 11.1. The van der Waals surface area contributed by atoms with Crippen LogP contribution in [0.1, 0.15) is 55.3 Å². The molecule has 5 rings (SSSR count). The van der Waals surface area contributed by atoms with Crippen LogP contribution in [-0.2, 0) is 16.1 Å². The average Bonchev–Trinajstić information content (AvgIpc) is 3.60. The van der Waals surface area contributed by atoms with E-state index in [1.807, 2.05) is 75.4 Å². The van der Waals surface area contributed by atoms with Gasteiger partial charge < -0.3 is 23.9 Å². The molecule has 1 atom stereocenters. The van der Waals surface area contributed by atoms with Crippen LogP contribution in [0.5, 0.6) is 0 Å². The molecule has 11 nitrogen and oxygen atoms in total. The molecule has 2 aliphatic heterocycles. The number of carbonyl (C=O) groups excluding carboxylic acids is 2. The van der Waals surface area contributed by atoms with E-state index in [2.05, 4.69) is 20.2 Å². The maximum atomic E-state index is 13.6. The fourth-order valence-electron chi connectivity index (χ4n) is 5.02. The predicted octanol–water partition coefficient (Wildman–Crippen LogP) is 4.38. The van der Waals surface area contributed by atoms with Gasteiger partial charge in [0.25, 0.3) is 5.91 Å².